The first-order chi connectivity index (χ1) is 18.8. The van der Waals surface area contributed by atoms with Crippen LogP contribution in [0.1, 0.15) is 16.8 Å². The van der Waals surface area contributed by atoms with Gasteiger partial charge in [-0.3, -0.25) is 9.78 Å². The lowest BCUT2D eigenvalue weighted by Gasteiger charge is -2.37. The van der Waals surface area contributed by atoms with E-state index in [0.29, 0.717) is 24.4 Å². The van der Waals surface area contributed by atoms with Gasteiger partial charge in [0.1, 0.15) is 17.4 Å². The van der Waals surface area contributed by atoms with E-state index in [4.69, 9.17) is 0 Å². The molecule has 0 spiro atoms. The number of aliphatic hydroxyl groups is 1. The molecule has 1 heterocycles. The Bertz CT molecular complexity index is 1340. The molecule has 0 unspecified atom stereocenters. The number of hydrogen-bond acceptors (Lipinski definition) is 4. The number of nitrogens with one attached hydrogen (secondary N) is 1. The molecule has 1 atom stereocenters. The lowest BCUT2D eigenvalue weighted by Crippen LogP contribution is -2.66. The second-order valence-electron chi connectivity index (χ2n) is 8.72. The predicted molar refractivity (Wildman–Crippen MR) is 118 cm³/mol. The molecule has 1 aromatic heterocycles. The van der Waals surface area contributed by atoms with Gasteiger partial charge < -0.3 is 15.2 Å². The quantitative estimate of drug-likeness (QED) is 0.322. The second kappa shape index (κ2) is 11.1. The van der Waals surface area contributed by atoms with Gasteiger partial charge in [0, 0.05) is 12.6 Å². The van der Waals surface area contributed by atoms with Crippen molar-refractivity contribution >= 4 is 5.91 Å². The normalized spacial score (nSPS) is 14.3. The maximum absolute atomic E-state index is 14.6. The van der Waals surface area contributed by atoms with Crippen molar-refractivity contribution < 1.29 is 62.9 Å². The molecule has 0 saturated carbocycles. The number of hydrogen-bond donors (Lipinski definition) is 2. The Morgan fingerprint density at radius 1 is 0.829 bits per heavy atom. The number of nitrogens with zero attached hydrogens (tertiary/aromatic N) is 1. The third-order valence-corrected chi connectivity index (χ3v) is 5.92. The van der Waals surface area contributed by atoms with Gasteiger partial charge in [-0.1, -0.05) is 30.3 Å². The highest BCUT2D eigenvalue weighted by Crippen LogP contribution is 2.44. The Labute approximate surface area is 223 Å². The average Bonchev–Trinajstić information content (AvgIpc) is 2.84. The standard InChI is InChI=1S/C25H17F11N2O3/c26-16-6-7-19(37-12-16)21(11-14-4-2-1-3-5-14,15-8-17(27)10-18(9-15)41-25(34,35)36)13-38-20(39)22(40,23(28,29)30)24(31,32)33/h1-10,12,40H,11,13H2,(H,38,39)/t21-/m0/s1. The first-order valence-electron chi connectivity index (χ1n) is 11.2. The number of carbonyl (C=O) groups excluding carboxylic acids is 1. The Hall–Kier alpha value is -3.95. The summed E-state index contributed by atoms with van der Waals surface area (Å²) in [4.78, 5) is 16.1. The number of aromatic nitrogens is 1. The molecule has 0 fully saturated rings. The van der Waals surface area contributed by atoms with Crippen molar-refractivity contribution in [1.29, 1.82) is 0 Å². The fourth-order valence-corrected chi connectivity index (χ4v) is 4.01. The number of pyridine rings is 1. The fraction of sp³-hybridized carbons (Fsp3) is 0.280. The molecule has 2 aromatic carbocycles. The van der Waals surface area contributed by atoms with Crippen LogP contribution >= 0.6 is 0 Å². The highest BCUT2D eigenvalue weighted by Gasteiger charge is 2.75. The molecule has 0 aliphatic heterocycles. The first kappa shape index (κ1) is 31.6. The average molecular weight is 602 g/mol. The number of ether oxygens (including phenoxy) is 1. The molecular formula is C25H17F11N2O3. The SMILES string of the molecule is O=C(NC[C@@](Cc1ccccc1)(c1cc(F)cc(OC(F)(F)F)c1)c1ccc(F)cn1)C(O)(C(F)(F)F)C(F)(F)F. The van der Waals surface area contributed by atoms with Crippen molar-refractivity contribution in [2.24, 2.45) is 0 Å². The Kier molecular flexibility index (Phi) is 8.58. The lowest BCUT2D eigenvalue weighted by atomic mass is 9.72. The van der Waals surface area contributed by atoms with E-state index in [2.05, 4.69) is 9.72 Å². The number of amides is 1. The van der Waals surface area contributed by atoms with E-state index < -0.39 is 77.2 Å². The van der Waals surface area contributed by atoms with Crippen LogP contribution < -0.4 is 10.1 Å². The smallest absolute Gasteiger partial charge is 0.406 e. The molecule has 41 heavy (non-hydrogen) atoms. The van der Waals surface area contributed by atoms with Crippen LogP contribution in [0.3, 0.4) is 0 Å². The van der Waals surface area contributed by atoms with E-state index in [1.54, 1.807) is 0 Å². The van der Waals surface area contributed by atoms with E-state index >= 15 is 0 Å². The van der Waals surface area contributed by atoms with Gasteiger partial charge in [0.15, 0.2) is 0 Å². The Morgan fingerprint density at radius 3 is 1.95 bits per heavy atom. The summed E-state index contributed by atoms with van der Waals surface area (Å²) >= 11 is 0. The maximum atomic E-state index is 14.6. The summed E-state index contributed by atoms with van der Waals surface area (Å²) in [5, 5.41) is 10.8. The first-order valence-corrected chi connectivity index (χ1v) is 11.2. The van der Waals surface area contributed by atoms with Crippen LogP contribution in [0.2, 0.25) is 0 Å². The molecule has 0 aliphatic carbocycles. The molecule has 0 radical (unpaired) electrons. The van der Waals surface area contributed by atoms with Gasteiger partial charge in [0.05, 0.1) is 17.3 Å². The van der Waals surface area contributed by atoms with Gasteiger partial charge >= 0.3 is 24.3 Å². The van der Waals surface area contributed by atoms with Gasteiger partial charge in [-0.15, -0.1) is 13.2 Å². The zero-order valence-electron chi connectivity index (χ0n) is 20.1. The third kappa shape index (κ3) is 6.86. The van der Waals surface area contributed by atoms with Crippen LogP contribution in [0, 0.1) is 11.6 Å². The molecule has 5 nitrogen and oxygen atoms in total. The van der Waals surface area contributed by atoms with Crippen molar-refractivity contribution in [3.8, 4) is 5.75 Å². The molecule has 2 N–H and O–H groups in total. The molecule has 3 aromatic rings. The van der Waals surface area contributed by atoms with Crippen LogP contribution in [0.25, 0.3) is 0 Å². The number of benzene rings is 2. The third-order valence-electron chi connectivity index (χ3n) is 5.92. The molecule has 0 aliphatic rings. The predicted octanol–water partition coefficient (Wildman–Crippen LogP) is 5.76. The summed E-state index contributed by atoms with van der Waals surface area (Å²) in [7, 11) is 0. The topological polar surface area (TPSA) is 71.5 Å². The largest absolute Gasteiger partial charge is 0.573 e. The highest BCUT2D eigenvalue weighted by molar-refractivity contribution is 5.87. The van der Waals surface area contributed by atoms with Crippen molar-refractivity contribution in [3.05, 3.63) is 95.3 Å². The summed E-state index contributed by atoms with van der Waals surface area (Å²) < 4.78 is 151. The van der Waals surface area contributed by atoms with Gasteiger partial charge in [0.25, 0.3) is 5.91 Å². The van der Waals surface area contributed by atoms with E-state index in [0.717, 1.165) is 12.1 Å². The van der Waals surface area contributed by atoms with Crippen molar-refractivity contribution in [1.82, 2.24) is 10.3 Å². The highest BCUT2D eigenvalue weighted by atomic mass is 19.4. The van der Waals surface area contributed by atoms with E-state index in [-0.39, 0.29) is 5.56 Å². The number of carbonyl (C=O) groups is 1. The summed E-state index contributed by atoms with van der Waals surface area (Å²) in [5.74, 6) is -6.49. The zero-order chi connectivity index (χ0) is 30.9. The van der Waals surface area contributed by atoms with Crippen LogP contribution in [0.4, 0.5) is 48.3 Å². The van der Waals surface area contributed by atoms with Crippen LogP contribution in [0.15, 0.2) is 66.9 Å². The maximum Gasteiger partial charge on any atom is 0.573 e. The monoisotopic (exact) mass is 602 g/mol. The van der Waals surface area contributed by atoms with Gasteiger partial charge in [0.2, 0.25) is 0 Å². The summed E-state index contributed by atoms with van der Waals surface area (Å²) in [6.45, 7) is -1.33. The molecule has 0 saturated heterocycles. The molecule has 1 amide bonds. The minimum atomic E-state index is -6.56. The number of halogens is 11. The minimum Gasteiger partial charge on any atom is -0.406 e. The molecular weight excluding hydrogens is 585 g/mol. The lowest BCUT2D eigenvalue weighted by molar-refractivity contribution is -0.350. The van der Waals surface area contributed by atoms with Gasteiger partial charge in [-0.2, -0.15) is 26.3 Å². The molecule has 222 valence electrons. The summed E-state index contributed by atoms with van der Waals surface area (Å²) in [6, 6.07) is 10.3. The van der Waals surface area contributed by atoms with Crippen molar-refractivity contribution in [2.45, 2.75) is 36.2 Å². The molecule has 3 rings (SSSR count). The fourth-order valence-electron chi connectivity index (χ4n) is 4.01. The van der Waals surface area contributed by atoms with E-state index in [1.807, 2.05) is 0 Å². The minimum absolute atomic E-state index is 0.234. The summed E-state index contributed by atoms with van der Waals surface area (Å²) in [6.07, 6.45) is -18.4. The number of alkyl halides is 9. The van der Waals surface area contributed by atoms with Crippen LogP contribution in [-0.4, -0.2) is 46.9 Å². The summed E-state index contributed by atoms with van der Waals surface area (Å²) in [5.41, 5.74) is -8.90. The molecule has 16 heteroatoms. The Morgan fingerprint density at radius 2 is 1.44 bits per heavy atom. The number of rotatable bonds is 8. The van der Waals surface area contributed by atoms with E-state index in [9.17, 15) is 58.2 Å². The van der Waals surface area contributed by atoms with Crippen molar-refractivity contribution in [2.75, 3.05) is 6.54 Å². The Balaban J connectivity index is 2.27. The van der Waals surface area contributed by atoms with Crippen LogP contribution in [-0.2, 0) is 16.6 Å². The van der Waals surface area contributed by atoms with Gasteiger partial charge in [-0.25, -0.2) is 8.78 Å². The zero-order valence-corrected chi connectivity index (χ0v) is 20.1. The van der Waals surface area contributed by atoms with Crippen molar-refractivity contribution in [3.63, 3.8) is 0 Å². The second-order valence-corrected chi connectivity index (χ2v) is 8.72. The van der Waals surface area contributed by atoms with Crippen LogP contribution in [0.5, 0.6) is 5.75 Å². The van der Waals surface area contributed by atoms with E-state index in [1.165, 1.54) is 35.6 Å². The molecule has 0 bridgehead atoms. The van der Waals surface area contributed by atoms with Gasteiger partial charge in [-0.05, 0) is 41.8 Å².